The third kappa shape index (κ3) is 1.13. The van der Waals surface area contributed by atoms with Gasteiger partial charge >= 0.3 is 0 Å². The van der Waals surface area contributed by atoms with Crippen LogP contribution in [0, 0.1) is 0 Å². The number of hydrogen-bond acceptors (Lipinski definition) is 2. The van der Waals surface area contributed by atoms with E-state index in [0.717, 1.165) is 32.9 Å². The molecule has 3 aromatic carbocycles. The smallest absolute Gasteiger partial charge is 0.0400 e. The van der Waals surface area contributed by atoms with Gasteiger partial charge in [-0.2, -0.15) is 0 Å². The number of rotatable bonds is 0. The molecule has 0 aliphatic heterocycles. The molecule has 0 amide bonds. The van der Waals surface area contributed by atoms with Crippen molar-refractivity contribution in [3.63, 3.8) is 0 Å². The fraction of sp³-hybridized carbons (Fsp3) is 0. The molecule has 0 atom stereocenters. The van der Waals surface area contributed by atoms with Gasteiger partial charge in [-0.25, -0.2) is 0 Å². The van der Waals surface area contributed by atoms with Crippen molar-refractivity contribution in [1.29, 1.82) is 0 Å². The van der Waals surface area contributed by atoms with Crippen LogP contribution in [-0.4, -0.2) is 0 Å². The maximum Gasteiger partial charge on any atom is 0.0400 e. The van der Waals surface area contributed by atoms with Crippen LogP contribution in [0.5, 0.6) is 0 Å². The summed E-state index contributed by atoms with van der Waals surface area (Å²) in [5.41, 5.74) is 13.5. The fourth-order valence-electron chi connectivity index (χ4n) is 2.18. The van der Waals surface area contributed by atoms with Crippen molar-refractivity contribution in [2.75, 3.05) is 11.5 Å². The van der Waals surface area contributed by atoms with Crippen LogP contribution in [0.3, 0.4) is 0 Å². The van der Waals surface area contributed by atoms with Crippen molar-refractivity contribution in [3.8, 4) is 0 Å². The van der Waals surface area contributed by atoms with E-state index in [4.69, 9.17) is 11.5 Å². The third-order valence-corrected chi connectivity index (χ3v) is 2.97. The molecule has 2 heteroatoms. The molecule has 0 radical (unpaired) electrons. The number of nitrogen functional groups attached to an aromatic ring is 2. The van der Waals surface area contributed by atoms with Gasteiger partial charge in [-0.15, -0.1) is 0 Å². The molecule has 0 aromatic heterocycles. The SMILES string of the molecule is Nc1cc2c(N)cccc2c2ccccc12. The molecule has 0 bridgehead atoms. The number of fused-ring (bicyclic) bond motifs is 3. The Kier molecular flexibility index (Phi) is 1.77. The summed E-state index contributed by atoms with van der Waals surface area (Å²) in [5.74, 6) is 0. The Morgan fingerprint density at radius 1 is 0.562 bits per heavy atom. The summed E-state index contributed by atoms with van der Waals surface area (Å²) in [6, 6.07) is 16.0. The molecular weight excluding hydrogens is 196 g/mol. The lowest BCUT2D eigenvalue weighted by molar-refractivity contribution is 1.73. The van der Waals surface area contributed by atoms with Gasteiger partial charge in [0.05, 0.1) is 0 Å². The van der Waals surface area contributed by atoms with E-state index in [0.29, 0.717) is 0 Å². The van der Waals surface area contributed by atoms with Gasteiger partial charge in [-0.1, -0.05) is 36.4 Å². The topological polar surface area (TPSA) is 52.0 Å². The molecule has 16 heavy (non-hydrogen) atoms. The van der Waals surface area contributed by atoms with E-state index >= 15 is 0 Å². The van der Waals surface area contributed by atoms with Crippen molar-refractivity contribution in [2.45, 2.75) is 0 Å². The van der Waals surface area contributed by atoms with Crippen LogP contribution in [0.2, 0.25) is 0 Å². The summed E-state index contributed by atoms with van der Waals surface area (Å²) in [6.45, 7) is 0. The molecule has 0 fully saturated rings. The van der Waals surface area contributed by atoms with E-state index in [1.165, 1.54) is 0 Å². The van der Waals surface area contributed by atoms with Gasteiger partial charge in [0, 0.05) is 22.1 Å². The molecule has 0 spiro atoms. The van der Waals surface area contributed by atoms with Gasteiger partial charge in [-0.3, -0.25) is 0 Å². The monoisotopic (exact) mass is 208 g/mol. The second kappa shape index (κ2) is 3.14. The standard InChI is InChI=1S/C14H12N2/c15-13-7-3-6-10-9-4-1-2-5-11(9)14(16)8-12(10)13/h1-8H,15-16H2. The Hall–Kier alpha value is -2.22. The first-order valence-corrected chi connectivity index (χ1v) is 5.23. The summed E-state index contributed by atoms with van der Waals surface area (Å²) in [4.78, 5) is 0. The molecule has 0 saturated heterocycles. The summed E-state index contributed by atoms with van der Waals surface area (Å²) < 4.78 is 0. The molecule has 0 saturated carbocycles. The van der Waals surface area contributed by atoms with Crippen LogP contribution in [0.25, 0.3) is 21.5 Å². The predicted octanol–water partition coefficient (Wildman–Crippen LogP) is 3.16. The first kappa shape index (κ1) is 9.04. The molecule has 0 unspecified atom stereocenters. The average Bonchev–Trinajstić information content (AvgIpc) is 2.31. The highest BCUT2D eigenvalue weighted by molar-refractivity contribution is 6.15. The van der Waals surface area contributed by atoms with Crippen LogP contribution in [0.15, 0.2) is 48.5 Å². The second-order valence-electron chi connectivity index (χ2n) is 3.95. The van der Waals surface area contributed by atoms with Crippen molar-refractivity contribution >= 4 is 32.9 Å². The van der Waals surface area contributed by atoms with Gasteiger partial charge in [0.25, 0.3) is 0 Å². The highest BCUT2D eigenvalue weighted by Crippen LogP contribution is 2.32. The minimum Gasteiger partial charge on any atom is -0.398 e. The first-order chi connectivity index (χ1) is 7.77. The van der Waals surface area contributed by atoms with Gasteiger partial charge < -0.3 is 11.5 Å². The van der Waals surface area contributed by atoms with Crippen LogP contribution < -0.4 is 11.5 Å². The van der Waals surface area contributed by atoms with Gasteiger partial charge in [-0.05, 0) is 22.9 Å². The quantitative estimate of drug-likeness (QED) is 0.440. The molecule has 0 aliphatic carbocycles. The highest BCUT2D eigenvalue weighted by Gasteiger charge is 2.05. The number of nitrogens with two attached hydrogens (primary N) is 2. The Morgan fingerprint density at radius 2 is 1.19 bits per heavy atom. The second-order valence-corrected chi connectivity index (χ2v) is 3.95. The largest absolute Gasteiger partial charge is 0.398 e. The fourth-order valence-corrected chi connectivity index (χ4v) is 2.18. The molecular formula is C14H12N2. The first-order valence-electron chi connectivity index (χ1n) is 5.23. The van der Waals surface area contributed by atoms with E-state index in [9.17, 15) is 0 Å². The van der Waals surface area contributed by atoms with Crippen molar-refractivity contribution in [1.82, 2.24) is 0 Å². The predicted molar refractivity (Wildman–Crippen MR) is 70.3 cm³/mol. The Labute approximate surface area is 93.5 Å². The van der Waals surface area contributed by atoms with Crippen molar-refractivity contribution < 1.29 is 0 Å². The number of benzene rings is 3. The lowest BCUT2D eigenvalue weighted by atomic mass is 9.99. The Morgan fingerprint density at radius 3 is 2.00 bits per heavy atom. The van der Waals surface area contributed by atoms with E-state index in [1.54, 1.807) is 0 Å². The van der Waals surface area contributed by atoms with Gasteiger partial charge in [0.15, 0.2) is 0 Å². The maximum atomic E-state index is 6.04. The molecule has 4 N–H and O–H groups in total. The zero-order valence-electron chi connectivity index (χ0n) is 8.77. The molecule has 0 heterocycles. The van der Waals surface area contributed by atoms with Crippen LogP contribution in [0.1, 0.15) is 0 Å². The number of anilines is 2. The zero-order valence-corrected chi connectivity index (χ0v) is 8.77. The maximum absolute atomic E-state index is 6.04. The third-order valence-electron chi connectivity index (χ3n) is 2.97. The lowest BCUT2D eigenvalue weighted by Crippen LogP contribution is -1.91. The highest BCUT2D eigenvalue weighted by atomic mass is 14.6. The minimum atomic E-state index is 0.773. The molecule has 3 aromatic rings. The van der Waals surface area contributed by atoms with Crippen molar-refractivity contribution in [2.24, 2.45) is 0 Å². The molecule has 2 nitrogen and oxygen atoms in total. The van der Waals surface area contributed by atoms with Crippen LogP contribution >= 0.6 is 0 Å². The van der Waals surface area contributed by atoms with Crippen molar-refractivity contribution in [3.05, 3.63) is 48.5 Å². The summed E-state index contributed by atoms with van der Waals surface area (Å²) >= 11 is 0. The van der Waals surface area contributed by atoms with E-state index in [-0.39, 0.29) is 0 Å². The summed E-state index contributed by atoms with van der Waals surface area (Å²) in [7, 11) is 0. The van der Waals surface area contributed by atoms with E-state index in [2.05, 4.69) is 12.1 Å². The van der Waals surface area contributed by atoms with E-state index < -0.39 is 0 Å². The summed E-state index contributed by atoms with van der Waals surface area (Å²) in [6.07, 6.45) is 0. The molecule has 0 aliphatic rings. The van der Waals surface area contributed by atoms with Crippen LogP contribution in [0.4, 0.5) is 11.4 Å². The van der Waals surface area contributed by atoms with E-state index in [1.807, 2.05) is 36.4 Å². The molecule has 78 valence electrons. The number of hydrogen-bond donors (Lipinski definition) is 2. The summed E-state index contributed by atoms with van der Waals surface area (Å²) in [5, 5.41) is 4.42. The molecule has 3 rings (SSSR count). The normalized spacial score (nSPS) is 11.0. The van der Waals surface area contributed by atoms with Gasteiger partial charge in [0.2, 0.25) is 0 Å². The van der Waals surface area contributed by atoms with Crippen LogP contribution in [-0.2, 0) is 0 Å². The average molecular weight is 208 g/mol. The Bertz CT molecular complexity index is 681. The zero-order chi connectivity index (χ0) is 11.1. The minimum absolute atomic E-state index is 0.773. The Balaban J connectivity index is 2.64. The van der Waals surface area contributed by atoms with Gasteiger partial charge in [0.1, 0.15) is 0 Å². The lowest BCUT2D eigenvalue weighted by Gasteiger charge is -2.08.